The number of nitrogens with zero attached hydrogens (tertiary/aromatic N) is 3. The zero-order valence-electron chi connectivity index (χ0n) is 10.4. The highest BCUT2D eigenvalue weighted by Crippen LogP contribution is 2.09. The third-order valence-corrected chi connectivity index (χ3v) is 2.38. The van der Waals surface area contributed by atoms with Gasteiger partial charge in [0.05, 0.1) is 18.0 Å². The smallest absolute Gasteiger partial charge is 0.0872 e. The molecule has 1 rings (SSSR count). The molecule has 0 spiro atoms. The van der Waals surface area contributed by atoms with Crippen LogP contribution < -0.4 is 5.73 Å². The molecule has 0 atom stereocenters. The van der Waals surface area contributed by atoms with E-state index in [2.05, 4.69) is 24.2 Å². The first-order valence-electron chi connectivity index (χ1n) is 5.79. The first kappa shape index (κ1) is 13.1. The second-order valence-corrected chi connectivity index (χ2v) is 4.34. The van der Waals surface area contributed by atoms with Gasteiger partial charge in [-0.2, -0.15) is 0 Å². The van der Waals surface area contributed by atoms with Crippen LogP contribution in [-0.2, 0) is 24.1 Å². The molecule has 0 bridgehead atoms. The van der Waals surface area contributed by atoms with Crippen LogP contribution in [0.5, 0.6) is 0 Å². The van der Waals surface area contributed by atoms with Gasteiger partial charge in [-0.3, -0.25) is 0 Å². The van der Waals surface area contributed by atoms with Crippen LogP contribution in [0.2, 0.25) is 0 Å². The quantitative estimate of drug-likeness (QED) is 0.740. The van der Waals surface area contributed by atoms with Gasteiger partial charge in [0.2, 0.25) is 0 Å². The fourth-order valence-corrected chi connectivity index (χ4v) is 1.66. The van der Waals surface area contributed by atoms with Crippen molar-refractivity contribution in [3.63, 3.8) is 0 Å². The standard InChI is InChI=1S/C11H22N4O/c1-9(2)8-15-11(5-7-16-3)10(4-6-12)13-14-15/h9H,4-8,12H2,1-3H3. The first-order valence-corrected chi connectivity index (χ1v) is 5.79. The highest BCUT2D eigenvalue weighted by molar-refractivity contribution is 5.11. The van der Waals surface area contributed by atoms with E-state index in [-0.39, 0.29) is 0 Å². The molecule has 0 saturated carbocycles. The van der Waals surface area contributed by atoms with Crippen LogP contribution in [0.15, 0.2) is 0 Å². The summed E-state index contributed by atoms with van der Waals surface area (Å²) in [6, 6.07) is 0. The van der Waals surface area contributed by atoms with Crippen LogP contribution in [0.4, 0.5) is 0 Å². The lowest BCUT2D eigenvalue weighted by Crippen LogP contribution is -2.13. The molecule has 16 heavy (non-hydrogen) atoms. The van der Waals surface area contributed by atoms with Crippen LogP contribution in [0.3, 0.4) is 0 Å². The molecule has 5 heteroatoms. The Hall–Kier alpha value is -0.940. The van der Waals surface area contributed by atoms with Crippen molar-refractivity contribution in [2.45, 2.75) is 33.2 Å². The van der Waals surface area contributed by atoms with Crippen molar-refractivity contribution in [1.82, 2.24) is 15.0 Å². The predicted octanol–water partition coefficient (Wildman–Crippen LogP) is 0.624. The second kappa shape index (κ2) is 6.60. The fourth-order valence-electron chi connectivity index (χ4n) is 1.66. The van der Waals surface area contributed by atoms with E-state index in [1.165, 1.54) is 5.69 Å². The zero-order valence-corrected chi connectivity index (χ0v) is 10.4. The van der Waals surface area contributed by atoms with Crippen molar-refractivity contribution in [3.05, 3.63) is 11.4 Å². The van der Waals surface area contributed by atoms with E-state index in [0.717, 1.165) is 25.1 Å². The average molecular weight is 226 g/mol. The number of methoxy groups -OCH3 is 1. The molecule has 1 aromatic rings. The van der Waals surface area contributed by atoms with Gasteiger partial charge in [0.15, 0.2) is 0 Å². The lowest BCUT2D eigenvalue weighted by atomic mass is 10.2. The summed E-state index contributed by atoms with van der Waals surface area (Å²) in [5.74, 6) is 0.564. The molecule has 0 aliphatic heterocycles. The molecule has 0 aromatic carbocycles. The minimum atomic E-state index is 0.564. The number of hydrogen-bond donors (Lipinski definition) is 1. The van der Waals surface area contributed by atoms with Crippen molar-refractivity contribution >= 4 is 0 Å². The minimum Gasteiger partial charge on any atom is -0.384 e. The highest BCUT2D eigenvalue weighted by Gasteiger charge is 2.12. The summed E-state index contributed by atoms with van der Waals surface area (Å²) in [5, 5.41) is 8.37. The van der Waals surface area contributed by atoms with Crippen LogP contribution in [-0.4, -0.2) is 35.3 Å². The Morgan fingerprint density at radius 1 is 1.38 bits per heavy atom. The summed E-state index contributed by atoms with van der Waals surface area (Å²) in [7, 11) is 1.71. The van der Waals surface area contributed by atoms with Crippen LogP contribution in [0, 0.1) is 5.92 Å². The van der Waals surface area contributed by atoms with Gasteiger partial charge < -0.3 is 10.5 Å². The van der Waals surface area contributed by atoms with Gasteiger partial charge in [-0.05, 0) is 12.5 Å². The van der Waals surface area contributed by atoms with Crippen molar-refractivity contribution in [1.29, 1.82) is 0 Å². The van der Waals surface area contributed by atoms with Crippen molar-refractivity contribution in [2.24, 2.45) is 11.7 Å². The molecule has 0 aliphatic rings. The summed E-state index contributed by atoms with van der Waals surface area (Å²) in [6.45, 7) is 6.55. The van der Waals surface area contributed by atoms with Crippen molar-refractivity contribution in [2.75, 3.05) is 20.3 Å². The van der Waals surface area contributed by atoms with Crippen molar-refractivity contribution < 1.29 is 4.74 Å². The summed E-state index contributed by atoms with van der Waals surface area (Å²) in [6.07, 6.45) is 1.64. The van der Waals surface area contributed by atoms with Crippen LogP contribution in [0.1, 0.15) is 25.2 Å². The lowest BCUT2D eigenvalue weighted by Gasteiger charge is -2.09. The first-order chi connectivity index (χ1) is 7.69. The summed E-state index contributed by atoms with van der Waals surface area (Å²) < 4.78 is 7.09. The molecular formula is C11H22N4O. The third kappa shape index (κ3) is 3.57. The molecule has 0 unspecified atom stereocenters. The normalized spacial score (nSPS) is 11.3. The molecule has 1 heterocycles. The molecule has 0 amide bonds. The second-order valence-electron chi connectivity index (χ2n) is 4.34. The number of nitrogens with two attached hydrogens (primary N) is 1. The average Bonchev–Trinajstić information content (AvgIpc) is 2.58. The monoisotopic (exact) mass is 226 g/mol. The molecular weight excluding hydrogens is 204 g/mol. The molecule has 5 nitrogen and oxygen atoms in total. The SMILES string of the molecule is COCCc1c(CCN)nnn1CC(C)C. The van der Waals surface area contributed by atoms with Gasteiger partial charge in [0, 0.05) is 26.5 Å². The largest absolute Gasteiger partial charge is 0.384 e. The van der Waals surface area contributed by atoms with E-state index in [0.29, 0.717) is 19.1 Å². The Labute approximate surface area is 97.0 Å². The Kier molecular flexibility index (Phi) is 5.42. The van der Waals surface area contributed by atoms with Crippen molar-refractivity contribution in [3.8, 4) is 0 Å². The lowest BCUT2D eigenvalue weighted by molar-refractivity contribution is 0.199. The fraction of sp³-hybridized carbons (Fsp3) is 0.818. The number of hydrogen-bond acceptors (Lipinski definition) is 4. The van der Waals surface area contributed by atoms with Gasteiger partial charge in [-0.1, -0.05) is 19.1 Å². The molecule has 0 fully saturated rings. The van der Waals surface area contributed by atoms with Gasteiger partial charge in [-0.25, -0.2) is 4.68 Å². The maximum atomic E-state index is 5.56. The molecule has 92 valence electrons. The molecule has 0 aliphatic carbocycles. The number of ether oxygens (including phenoxy) is 1. The summed E-state index contributed by atoms with van der Waals surface area (Å²) >= 11 is 0. The summed E-state index contributed by atoms with van der Waals surface area (Å²) in [5.41, 5.74) is 7.74. The Bertz CT molecular complexity index is 309. The molecule has 0 radical (unpaired) electrons. The summed E-state index contributed by atoms with van der Waals surface area (Å²) in [4.78, 5) is 0. The zero-order chi connectivity index (χ0) is 12.0. The van der Waals surface area contributed by atoms with E-state index in [1.54, 1.807) is 7.11 Å². The Balaban J connectivity index is 2.80. The number of rotatable bonds is 7. The Morgan fingerprint density at radius 2 is 2.12 bits per heavy atom. The molecule has 0 saturated heterocycles. The molecule has 2 N–H and O–H groups in total. The van der Waals surface area contributed by atoms with Gasteiger partial charge >= 0.3 is 0 Å². The van der Waals surface area contributed by atoms with E-state index in [1.807, 2.05) is 4.68 Å². The van der Waals surface area contributed by atoms with E-state index < -0.39 is 0 Å². The van der Waals surface area contributed by atoms with E-state index in [9.17, 15) is 0 Å². The Morgan fingerprint density at radius 3 is 2.69 bits per heavy atom. The van der Waals surface area contributed by atoms with E-state index in [4.69, 9.17) is 10.5 Å². The number of aromatic nitrogens is 3. The van der Waals surface area contributed by atoms with Crippen LogP contribution in [0.25, 0.3) is 0 Å². The maximum absolute atomic E-state index is 5.56. The van der Waals surface area contributed by atoms with Gasteiger partial charge in [-0.15, -0.1) is 5.10 Å². The topological polar surface area (TPSA) is 66.0 Å². The van der Waals surface area contributed by atoms with E-state index >= 15 is 0 Å². The maximum Gasteiger partial charge on any atom is 0.0872 e. The predicted molar refractivity (Wildman–Crippen MR) is 63.2 cm³/mol. The minimum absolute atomic E-state index is 0.564. The molecule has 1 aromatic heterocycles. The van der Waals surface area contributed by atoms with Crippen LogP contribution >= 0.6 is 0 Å². The third-order valence-electron chi connectivity index (χ3n) is 2.38. The van der Waals surface area contributed by atoms with Gasteiger partial charge in [0.25, 0.3) is 0 Å². The highest BCUT2D eigenvalue weighted by atomic mass is 16.5. The van der Waals surface area contributed by atoms with Gasteiger partial charge in [0.1, 0.15) is 0 Å².